The number of nitrogens with zero attached hydrogens (tertiary/aromatic N) is 1. The molecule has 0 saturated carbocycles. The van der Waals surface area contributed by atoms with Crippen LogP contribution in [0.1, 0.15) is 27.2 Å². The average molecular weight is 125 g/mol. The summed E-state index contributed by atoms with van der Waals surface area (Å²) < 4.78 is 0. The van der Waals surface area contributed by atoms with Crippen LogP contribution in [0.25, 0.3) is 0 Å². The predicted octanol–water partition coefficient (Wildman–Crippen LogP) is 2.43. The van der Waals surface area contributed by atoms with Crippen molar-refractivity contribution in [3.8, 4) is 0 Å². The molecule has 0 heterocycles. The first kappa shape index (κ1) is 8.41. The van der Waals surface area contributed by atoms with Gasteiger partial charge in [0.2, 0.25) is 0 Å². The molecule has 0 bridgehead atoms. The second-order valence-corrected chi connectivity index (χ2v) is 1.93. The summed E-state index contributed by atoms with van der Waals surface area (Å²) in [7, 11) is 0. The van der Waals surface area contributed by atoms with Gasteiger partial charge in [-0.1, -0.05) is 13.0 Å². The summed E-state index contributed by atoms with van der Waals surface area (Å²) in [6, 6.07) is 0. The van der Waals surface area contributed by atoms with Crippen LogP contribution in [-0.4, -0.2) is 12.3 Å². The van der Waals surface area contributed by atoms with E-state index in [0.29, 0.717) is 0 Å². The van der Waals surface area contributed by atoms with Crippen molar-refractivity contribution >= 4 is 5.71 Å². The average Bonchev–Trinajstić information content (AvgIpc) is 1.85. The van der Waals surface area contributed by atoms with E-state index in [2.05, 4.69) is 24.1 Å². The molecule has 0 radical (unpaired) electrons. The minimum atomic E-state index is 0.889. The first-order valence-corrected chi connectivity index (χ1v) is 3.48. The number of hydrogen-bond donors (Lipinski definition) is 0. The van der Waals surface area contributed by atoms with Crippen molar-refractivity contribution in [3.05, 3.63) is 12.2 Å². The Bertz CT molecular complexity index is 112. The molecule has 0 atom stereocenters. The van der Waals surface area contributed by atoms with Gasteiger partial charge in [-0.05, 0) is 26.3 Å². The summed E-state index contributed by atoms with van der Waals surface area (Å²) in [5.41, 5.74) is 1.12. The van der Waals surface area contributed by atoms with E-state index in [1.54, 1.807) is 0 Å². The lowest BCUT2D eigenvalue weighted by molar-refractivity contribution is 1.13. The number of rotatable bonds is 3. The number of hydrogen-bond acceptors (Lipinski definition) is 1. The molecule has 0 aliphatic carbocycles. The zero-order chi connectivity index (χ0) is 7.11. The SMILES string of the molecule is CCC=CC(C)=NCC. The van der Waals surface area contributed by atoms with Gasteiger partial charge in [-0.15, -0.1) is 0 Å². The van der Waals surface area contributed by atoms with Crippen LogP contribution in [0.2, 0.25) is 0 Å². The Morgan fingerprint density at radius 1 is 1.44 bits per heavy atom. The molecule has 0 unspecified atom stereocenters. The molecule has 0 aliphatic heterocycles. The fraction of sp³-hybridized carbons (Fsp3) is 0.625. The Labute approximate surface area is 57.5 Å². The van der Waals surface area contributed by atoms with Gasteiger partial charge < -0.3 is 0 Å². The number of aliphatic imine (C=N–C) groups is 1. The molecule has 0 aromatic rings. The van der Waals surface area contributed by atoms with Crippen molar-refractivity contribution in [2.24, 2.45) is 4.99 Å². The normalized spacial score (nSPS) is 13.0. The molecule has 1 heteroatoms. The van der Waals surface area contributed by atoms with Gasteiger partial charge in [-0.3, -0.25) is 4.99 Å². The number of allylic oxidation sites excluding steroid dienone is 2. The fourth-order valence-electron chi connectivity index (χ4n) is 0.591. The van der Waals surface area contributed by atoms with Gasteiger partial charge in [0, 0.05) is 12.3 Å². The highest BCUT2D eigenvalue weighted by atomic mass is 14.7. The molecule has 0 fully saturated rings. The largest absolute Gasteiger partial charge is 0.290 e. The Morgan fingerprint density at radius 3 is 2.56 bits per heavy atom. The summed E-state index contributed by atoms with van der Waals surface area (Å²) in [6.45, 7) is 7.08. The Morgan fingerprint density at radius 2 is 2.11 bits per heavy atom. The fourth-order valence-corrected chi connectivity index (χ4v) is 0.591. The van der Waals surface area contributed by atoms with E-state index >= 15 is 0 Å². The van der Waals surface area contributed by atoms with Crippen LogP contribution in [0.5, 0.6) is 0 Å². The van der Waals surface area contributed by atoms with Crippen LogP contribution < -0.4 is 0 Å². The lowest BCUT2D eigenvalue weighted by atomic mass is 10.3. The highest BCUT2D eigenvalue weighted by molar-refractivity contribution is 5.92. The maximum absolute atomic E-state index is 4.19. The first-order chi connectivity index (χ1) is 4.31. The second kappa shape index (κ2) is 5.54. The van der Waals surface area contributed by atoms with Gasteiger partial charge in [0.15, 0.2) is 0 Å². The molecule has 1 nitrogen and oxygen atoms in total. The summed E-state index contributed by atoms with van der Waals surface area (Å²) in [6.07, 6.45) is 5.27. The van der Waals surface area contributed by atoms with Gasteiger partial charge >= 0.3 is 0 Å². The highest BCUT2D eigenvalue weighted by Gasteiger charge is 1.77. The van der Waals surface area contributed by atoms with Crippen molar-refractivity contribution in [2.75, 3.05) is 6.54 Å². The molecule has 9 heavy (non-hydrogen) atoms. The Kier molecular flexibility index (Phi) is 5.18. The summed E-state index contributed by atoms with van der Waals surface area (Å²) in [5, 5.41) is 0. The van der Waals surface area contributed by atoms with E-state index in [1.165, 1.54) is 0 Å². The zero-order valence-corrected chi connectivity index (χ0v) is 6.52. The third kappa shape index (κ3) is 5.28. The molecule has 0 aromatic carbocycles. The minimum Gasteiger partial charge on any atom is -0.290 e. The molecule has 0 N–H and O–H groups in total. The lowest BCUT2D eigenvalue weighted by Crippen LogP contribution is -1.84. The van der Waals surface area contributed by atoms with Crippen LogP contribution in [0, 0.1) is 0 Å². The second-order valence-electron chi connectivity index (χ2n) is 1.93. The Balaban J connectivity index is 3.60. The molecule has 0 spiro atoms. The molecule has 0 aromatic heterocycles. The van der Waals surface area contributed by atoms with Crippen molar-refractivity contribution in [1.82, 2.24) is 0 Å². The van der Waals surface area contributed by atoms with Crippen LogP contribution in [0.3, 0.4) is 0 Å². The molecule has 0 amide bonds. The van der Waals surface area contributed by atoms with Crippen LogP contribution >= 0.6 is 0 Å². The van der Waals surface area contributed by atoms with Gasteiger partial charge in [0.25, 0.3) is 0 Å². The molecule has 52 valence electrons. The summed E-state index contributed by atoms with van der Waals surface area (Å²) >= 11 is 0. The highest BCUT2D eigenvalue weighted by Crippen LogP contribution is 1.83. The van der Waals surface area contributed by atoms with E-state index in [0.717, 1.165) is 18.7 Å². The maximum Gasteiger partial charge on any atom is 0.0364 e. The van der Waals surface area contributed by atoms with E-state index in [4.69, 9.17) is 0 Å². The van der Waals surface area contributed by atoms with Crippen molar-refractivity contribution < 1.29 is 0 Å². The standard InChI is InChI=1S/C8H15N/c1-4-6-7-8(3)9-5-2/h6-7H,4-5H2,1-3H3. The first-order valence-electron chi connectivity index (χ1n) is 3.48. The van der Waals surface area contributed by atoms with E-state index in [9.17, 15) is 0 Å². The minimum absolute atomic E-state index is 0.889. The summed E-state index contributed by atoms with van der Waals surface area (Å²) in [4.78, 5) is 4.19. The third-order valence-corrected chi connectivity index (χ3v) is 1.00. The van der Waals surface area contributed by atoms with Gasteiger partial charge in [0.05, 0.1) is 0 Å². The van der Waals surface area contributed by atoms with E-state index in [-0.39, 0.29) is 0 Å². The predicted molar refractivity (Wildman–Crippen MR) is 43.1 cm³/mol. The van der Waals surface area contributed by atoms with Crippen LogP contribution in [-0.2, 0) is 0 Å². The van der Waals surface area contributed by atoms with Crippen LogP contribution in [0.15, 0.2) is 17.1 Å². The maximum atomic E-state index is 4.19. The van der Waals surface area contributed by atoms with Gasteiger partial charge in [-0.2, -0.15) is 0 Å². The van der Waals surface area contributed by atoms with E-state index in [1.807, 2.05) is 13.8 Å². The Hall–Kier alpha value is -0.590. The smallest absolute Gasteiger partial charge is 0.0364 e. The van der Waals surface area contributed by atoms with E-state index < -0.39 is 0 Å². The molecule has 0 rings (SSSR count). The van der Waals surface area contributed by atoms with Crippen molar-refractivity contribution in [3.63, 3.8) is 0 Å². The monoisotopic (exact) mass is 125 g/mol. The summed E-state index contributed by atoms with van der Waals surface area (Å²) in [5.74, 6) is 0. The topological polar surface area (TPSA) is 12.4 Å². The quantitative estimate of drug-likeness (QED) is 0.514. The zero-order valence-electron chi connectivity index (χ0n) is 6.52. The van der Waals surface area contributed by atoms with Crippen molar-refractivity contribution in [1.29, 1.82) is 0 Å². The molecule has 0 aliphatic rings. The van der Waals surface area contributed by atoms with Gasteiger partial charge in [0.1, 0.15) is 0 Å². The molecular weight excluding hydrogens is 110 g/mol. The molecule has 0 saturated heterocycles. The van der Waals surface area contributed by atoms with Crippen molar-refractivity contribution in [2.45, 2.75) is 27.2 Å². The lowest BCUT2D eigenvalue weighted by Gasteiger charge is -1.87. The van der Waals surface area contributed by atoms with Crippen LogP contribution in [0.4, 0.5) is 0 Å². The molecular formula is C8H15N. The third-order valence-electron chi connectivity index (χ3n) is 1.00. The van der Waals surface area contributed by atoms with Gasteiger partial charge in [-0.25, -0.2) is 0 Å².